The molecule has 31 heavy (non-hydrogen) atoms. The van der Waals surface area contributed by atoms with Crippen LogP contribution in [0.4, 0.5) is 11.5 Å². The molecule has 0 bridgehead atoms. The van der Waals surface area contributed by atoms with Gasteiger partial charge in [-0.05, 0) is 48.0 Å². The Morgan fingerprint density at radius 3 is 2.55 bits per heavy atom. The molecule has 2 aromatic heterocycles. The number of methoxy groups -OCH3 is 1. The molecule has 0 spiro atoms. The Bertz CT molecular complexity index is 1340. The second-order valence-corrected chi connectivity index (χ2v) is 7.44. The molecule has 3 N–H and O–H groups in total. The minimum atomic E-state index is 0.654. The lowest BCUT2D eigenvalue weighted by atomic mass is 10.1. The Balaban J connectivity index is 1.34. The number of aromatic nitrogens is 2. The Morgan fingerprint density at radius 2 is 1.61 bits per heavy atom. The van der Waals surface area contributed by atoms with Crippen molar-refractivity contribution < 1.29 is 4.74 Å². The molecule has 0 unspecified atom stereocenters. The Hall–Kier alpha value is -3.99. The van der Waals surface area contributed by atoms with Crippen molar-refractivity contribution in [1.82, 2.24) is 9.97 Å². The summed E-state index contributed by atoms with van der Waals surface area (Å²) in [4.78, 5) is 8.08. The molecule has 3 aromatic carbocycles. The molecule has 154 valence electrons. The first-order valence-corrected chi connectivity index (χ1v) is 10.4. The van der Waals surface area contributed by atoms with Gasteiger partial charge in [0.05, 0.1) is 12.6 Å². The van der Waals surface area contributed by atoms with Gasteiger partial charge in [-0.25, -0.2) is 4.98 Å². The fraction of sp³-hybridized carbons (Fsp3) is 0.115. The summed E-state index contributed by atoms with van der Waals surface area (Å²) in [5.41, 5.74) is 5.55. The standard InChI is InChI=1S/C26H24N4O/c1-31-25-11-3-2-6-19(25)17-29-26-13-12-21-23(9-5-10-24(21)30-26)28-16-18-7-4-8-22-20(18)14-15-27-22/h2-15,27-28H,16-17H2,1H3,(H,29,30). The van der Waals surface area contributed by atoms with E-state index in [1.54, 1.807) is 7.11 Å². The fourth-order valence-electron chi connectivity index (χ4n) is 3.94. The summed E-state index contributed by atoms with van der Waals surface area (Å²) in [5, 5.41) is 9.34. The van der Waals surface area contributed by atoms with Crippen LogP contribution in [-0.4, -0.2) is 17.1 Å². The van der Waals surface area contributed by atoms with Crippen molar-refractivity contribution >= 4 is 33.3 Å². The van der Waals surface area contributed by atoms with Crippen LogP contribution in [0.2, 0.25) is 0 Å². The number of rotatable bonds is 7. The maximum absolute atomic E-state index is 5.43. The molecule has 2 heterocycles. The van der Waals surface area contributed by atoms with E-state index in [2.05, 4.69) is 58.1 Å². The van der Waals surface area contributed by atoms with Crippen LogP contribution in [0.1, 0.15) is 11.1 Å². The zero-order valence-corrected chi connectivity index (χ0v) is 17.4. The zero-order chi connectivity index (χ0) is 21.0. The molecule has 0 fully saturated rings. The molecule has 0 aliphatic carbocycles. The average molecular weight is 409 g/mol. The molecule has 5 heteroatoms. The minimum Gasteiger partial charge on any atom is -0.496 e. The van der Waals surface area contributed by atoms with Gasteiger partial charge in [-0.1, -0.05) is 36.4 Å². The number of H-pyrrole nitrogens is 1. The molecule has 0 saturated carbocycles. The first kappa shape index (κ1) is 19.0. The van der Waals surface area contributed by atoms with Crippen molar-refractivity contribution in [1.29, 1.82) is 0 Å². The lowest BCUT2D eigenvalue weighted by Crippen LogP contribution is -2.04. The van der Waals surface area contributed by atoms with Gasteiger partial charge >= 0.3 is 0 Å². The van der Waals surface area contributed by atoms with E-state index >= 15 is 0 Å². The van der Waals surface area contributed by atoms with Crippen molar-refractivity contribution in [2.24, 2.45) is 0 Å². The van der Waals surface area contributed by atoms with Gasteiger partial charge in [-0.2, -0.15) is 0 Å². The highest BCUT2D eigenvalue weighted by atomic mass is 16.5. The topological polar surface area (TPSA) is 62.0 Å². The van der Waals surface area contributed by atoms with E-state index in [-0.39, 0.29) is 0 Å². The van der Waals surface area contributed by atoms with Crippen LogP contribution in [0.15, 0.2) is 85.1 Å². The first-order valence-electron chi connectivity index (χ1n) is 10.4. The van der Waals surface area contributed by atoms with Gasteiger partial charge in [0.25, 0.3) is 0 Å². The van der Waals surface area contributed by atoms with E-state index in [9.17, 15) is 0 Å². The zero-order valence-electron chi connectivity index (χ0n) is 17.4. The summed E-state index contributed by atoms with van der Waals surface area (Å²) in [6, 6.07) is 26.8. The van der Waals surface area contributed by atoms with Crippen LogP contribution >= 0.6 is 0 Å². The average Bonchev–Trinajstić information content (AvgIpc) is 3.31. The Morgan fingerprint density at radius 1 is 0.774 bits per heavy atom. The SMILES string of the molecule is COc1ccccc1CNc1ccc2c(NCc3cccc4[nH]ccc34)cccc2n1. The summed E-state index contributed by atoms with van der Waals surface area (Å²) < 4.78 is 5.43. The highest BCUT2D eigenvalue weighted by molar-refractivity contribution is 5.92. The van der Waals surface area contributed by atoms with Gasteiger partial charge in [0.1, 0.15) is 11.6 Å². The highest BCUT2D eigenvalue weighted by Crippen LogP contribution is 2.26. The number of hydrogen-bond donors (Lipinski definition) is 3. The van der Waals surface area contributed by atoms with Crippen molar-refractivity contribution in [3.63, 3.8) is 0 Å². The van der Waals surface area contributed by atoms with Crippen molar-refractivity contribution in [3.05, 3.63) is 96.2 Å². The lowest BCUT2D eigenvalue weighted by Gasteiger charge is -2.13. The van der Waals surface area contributed by atoms with Gasteiger partial charge in [0.15, 0.2) is 0 Å². The fourth-order valence-corrected chi connectivity index (χ4v) is 3.94. The highest BCUT2D eigenvalue weighted by Gasteiger charge is 2.07. The van der Waals surface area contributed by atoms with E-state index in [0.29, 0.717) is 6.54 Å². The quantitative estimate of drug-likeness (QED) is 0.311. The number of anilines is 2. The van der Waals surface area contributed by atoms with Crippen LogP contribution in [-0.2, 0) is 13.1 Å². The number of para-hydroxylation sites is 1. The normalized spacial score (nSPS) is 11.0. The predicted octanol–water partition coefficient (Wildman–Crippen LogP) is 5.95. The van der Waals surface area contributed by atoms with E-state index in [1.165, 1.54) is 10.9 Å². The summed E-state index contributed by atoms with van der Waals surface area (Å²) in [6.45, 7) is 1.41. The molecule has 5 nitrogen and oxygen atoms in total. The van der Waals surface area contributed by atoms with E-state index in [1.807, 2.05) is 42.6 Å². The van der Waals surface area contributed by atoms with Gasteiger partial charge in [-0.3, -0.25) is 0 Å². The third kappa shape index (κ3) is 3.90. The van der Waals surface area contributed by atoms with Crippen molar-refractivity contribution in [2.75, 3.05) is 17.7 Å². The lowest BCUT2D eigenvalue weighted by molar-refractivity contribution is 0.410. The monoisotopic (exact) mass is 408 g/mol. The molecule has 0 atom stereocenters. The molecule has 5 aromatic rings. The van der Waals surface area contributed by atoms with Crippen LogP contribution in [0, 0.1) is 0 Å². The second kappa shape index (κ2) is 8.40. The van der Waals surface area contributed by atoms with Crippen molar-refractivity contribution in [3.8, 4) is 5.75 Å². The molecule has 0 saturated heterocycles. The number of hydrogen-bond acceptors (Lipinski definition) is 4. The summed E-state index contributed by atoms with van der Waals surface area (Å²) in [5.74, 6) is 1.72. The number of aromatic amines is 1. The summed E-state index contributed by atoms with van der Waals surface area (Å²) >= 11 is 0. The van der Waals surface area contributed by atoms with E-state index in [4.69, 9.17) is 9.72 Å². The largest absolute Gasteiger partial charge is 0.496 e. The summed E-state index contributed by atoms with van der Waals surface area (Å²) in [7, 11) is 1.69. The molecule has 0 aliphatic rings. The van der Waals surface area contributed by atoms with Gasteiger partial charge in [0.2, 0.25) is 0 Å². The number of nitrogens with one attached hydrogen (secondary N) is 3. The molecule has 0 radical (unpaired) electrons. The van der Waals surface area contributed by atoms with Crippen LogP contribution in [0.25, 0.3) is 21.8 Å². The van der Waals surface area contributed by atoms with Gasteiger partial charge < -0.3 is 20.4 Å². The number of benzene rings is 3. The Kier molecular flexibility index (Phi) is 5.15. The minimum absolute atomic E-state index is 0.654. The Labute approximate surface area is 181 Å². The van der Waals surface area contributed by atoms with Crippen LogP contribution < -0.4 is 15.4 Å². The molecule has 0 amide bonds. The van der Waals surface area contributed by atoms with E-state index < -0.39 is 0 Å². The van der Waals surface area contributed by atoms with Crippen LogP contribution in [0.3, 0.4) is 0 Å². The molecule has 0 aliphatic heterocycles. The van der Waals surface area contributed by atoms with E-state index in [0.717, 1.165) is 45.8 Å². The number of fused-ring (bicyclic) bond motifs is 2. The molecular formula is C26H24N4O. The number of ether oxygens (including phenoxy) is 1. The van der Waals surface area contributed by atoms with Gasteiger partial charge in [-0.15, -0.1) is 0 Å². The third-order valence-corrected chi connectivity index (χ3v) is 5.54. The summed E-state index contributed by atoms with van der Waals surface area (Å²) in [6.07, 6.45) is 1.98. The maximum atomic E-state index is 5.43. The predicted molar refractivity (Wildman–Crippen MR) is 128 cm³/mol. The first-order chi connectivity index (χ1) is 15.3. The second-order valence-electron chi connectivity index (χ2n) is 7.44. The van der Waals surface area contributed by atoms with Crippen LogP contribution in [0.5, 0.6) is 5.75 Å². The van der Waals surface area contributed by atoms with Gasteiger partial charge in [0, 0.05) is 46.8 Å². The molecular weight excluding hydrogens is 384 g/mol. The smallest absolute Gasteiger partial charge is 0.126 e. The number of pyridine rings is 1. The number of nitrogens with zero attached hydrogens (tertiary/aromatic N) is 1. The third-order valence-electron chi connectivity index (χ3n) is 5.54. The van der Waals surface area contributed by atoms with Crippen molar-refractivity contribution in [2.45, 2.75) is 13.1 Å². The maximum Gasteiger partial charge on any atom is 0.126 e. The molecule has 5 rings (SSSR count).